The van der Waals surface area contributed by atoms with Gasteiger partial charge in [-0.05, 0) is 127 Å². The first kappa shape index (κ1) is 36.3. The van der Waals surface area contributed by atoms with Gasteiger partial charge < -0.3 is 29.9 Å². The number of fused-ring (bicyclic) bond motifs is 3. The van der Waals surface area contributed by atoms with Crippen molar-refractivity contribution in [1.29, 1.82) is 0 Å². The average molecular weight is 747 g/mol. The highest BCUT2D eigenvalue weighted by atomic mass is 19.1. The summed E-state index contributed by atoms with van der Waals surface area (Å²) < 4.78 is 17.0. The number of amides is 2. The van der Waals surface area contributed by atoms with Gasteiger partial charge in [-0.1, -0.05) is 37.6 Å². The number of hydrogen-bond donors (Lipinski definition) is 2. The minimum Gasteiger partial charge on any atom is -0.342 e. The summed E-state index contributed by atoms with van der Waals surface area (Å²) in [7, 11) is 0. The number of pyridine rings is 1. The Balaban J connectivity index is 1.05. The largest absolute Gasteiger partial charge is 0.342 e. The Bertz CT molecular complexity index is 2090. The predicted octanol–water partition coefficient (Wildman–Crippen LogP) is 7.42. The Morgan fingerprint density at radius 2 is 1.73 bits per heavy atom. The maximum atomic E-state index is 15.0. The lowest BCUT2D eigenvalue weighted by Crippen LogP contribution is -2.55. The lowest BCUT2D eigenvalue weighted by atomic mass is 9.72. The third kappa shape index (κ3) is 6.41. The summed E-state index contributed by atoms with van der Waals surface area (Å²) in [5.41, 5.74) is 4.56. The zero-order chi connectivity index (χ0) is 37.9. The number of likely N-dealkylation sites (tertiary alicyclic amines) is 2. The van der Waals surface area contributed by atoms with E-state index >= 15 is 0 Å². The minimum atomic E-state index is -0.652. The number of nitrogens with one attached hydrogen (secondary N) is 2. The molecule has 1 spiro atoms. The summed E-state index contributed by atoms with van der Waals surface area (Å²) in [6.45, 7) is 12.3. The zero-order valence-corrected chi connectivity index (χ0v) is 32.6. The topological polar surface area (TPSA) is 98.6 Å². The van der Waals surface area contributed by atoms with Crippen molar-refractivity contribution in [3.05, 3.63) is 66.2 Å². The van der Waals surface area contributed by atoms with Crippen LogP contribution in [0.5, 0.6) is 0 Å². The van der Waals surface area contributed by atoms with Gasteiger partial charge in [-0.25, -0.2) is 14.4 Å². The molecule has 4 aromatic rings. The van der Waals surface area contributed by atoms with Gasteiger partial charge in [0, 0.05) is 48.4 Å². The first-order chi connectivity index (χ1) is 26.6. The van der Waals surface area contributed by atoms with E-state index in [0.717, 1.165) is 66.6 Å². The summed E-state index contributed by atoms with van der Waals surface area (Å²) in [5.74, 6) is 1.05. The van der Waals surface area contributed by atoms with Gasteiger partial charge in [0.2, 0.25) is 11.8 Å². The average Bonchev–Trinajstić information content (AvgIpc) is 3.71. The predicted molar refractivity (Wildman–Crippen MR) is 215 cm³/mol. The van der Waals surface area contributed by atoms with E-state index in [1.54, 1.807) is 18.2 Å². The van der Waals surface area contributed by atoms with E-state index in [2.05, 4.69) is 64.0 Å². The fourth-order valence-electron chi connectivity index (χ4n) is 10.2. The molecule has 2 N–H and O–H groups in total. The fraction of sp³-hybridized carbons (Fsp3) is 0.545. The van der Waals surface area contributed by atoms with Crippen LogP contribution in [0.1, 0.15) is 90.2 Å². The normalized spacial score (nSPS) is 23.7. The van der Waals surface area contributed by atoms with Gasteiger partial charge in [-0.2, -0.15) is 0 Å². The Kier molecular flexibility index (Phi) is 9.44. The minimum absolute atomic E-state index is 0.125. The van der Waals surface area contributed by atoms with Crippen LogP contribution in [0.15, 0.2) is 54.9 Å². The highest BCUT2D eigenvalue weighted by molar-refractivity contribution is 6.09. The molecule has 11 heteroatoms. The van der Waals surface area contributed by atoms with Crippen LogP contribution in [0.25, 0.3) is 22.3 Å². The van der Waals surface area contributed by atoms with Crippen molar-refractivity contribution in [1.82, 2.24) is 29.7 Å². The molecule has 290 valence electrons. The van der Waals surface area contributed by atoms with Crippen LogP contribution in [0, 0.1) is 17.2 Å². The number of rotatable bonds is 8. The highest BCUT2D eigenvalue weighted by Crippen LogP contribution is 2.51. The third-order valence-corrected chi connectivity index (χ3v) is 13.7. The molecule has 2 aromatic heterocycles. The summed E-state index contributed by atoms with van der Waals surface area (Å²) in [6.07, 6.45) is 10.9. The lowest BCUT2D eigenvalue weighted by Gasteiger charge is -2.46. The molecule has 0 bridgehead atoms. The van der Waals surface area contributed by atoms with E-state index in [4.69, 9.17) is 9.97 Å². The number of halogens is 1. The van der Waals surface area contributed by atoms with Crippen LogP contribution < -0.4 is 15.5 Å². The molecule has 6 heterocycles. The van der Waals surface area contributed by atoms with Crippen LogP contribution in [0.2, 0.25) is 0 Å². The van der Waals surface area contributed by atoms with Gasteiger partial charge in [0.1, 0.15) is 11.3 Å². The van der Waals surface area contributed by atoms with Gasteiger partial charge in [0.15, 0.2) is 5.82 Å². The summed E-state index contributed by atoms with van der Waals surface area (Å²) >= 11 is 0. The van der Waals surface area contributed by atoms with Gasteiger partial charge >= 0.3 is 0 Å². The molecule has 0 unspecified atom stereocenters. The van der Waals surface area contributed by atoms with E-state index in [9.17, 15) is 14.0 Å². The Morgan fingerprint density at radius 1 is 0.982 bits per heavy atom. The summed E-state index contributed by atoms with van der Waals surface area (Å²) in [5, 5.41) is 6.68. The van der Waals surface area contributed by atoms with Gasteiger partial charge in [0.05, 0.1) is 28.6 Å². The van der Waals surface area contributed by atoms with Crippen molar-refractivity contribution >= 4 is 40.0 Å². The number of hydrogen-bond acceptors (Lipinski definition) is 7. The van der Waals surface area contributed by atoms with Crippen LogP contribution in [0.4, 0.5) is 21.6 Å². The van der Waals surface area contributed by atoms with Crippen molar-refractivity contribution in [2.45, 2.75) is 96.1 Å². The van der Waals surface area contributed by atoms with Crippen molar-refractivity contribution in [2.24, 2.45) is 11.3 Å². The fourth-order valence-corrected chi connectivity index (χ4v) is 10.2. The first-order valence-electron chi connectivity index (χ1n) is 20.7. The molecule has 2 amide bonds. The maximum absolute atomic E-state index is 15.0. The smallest absolute Gasteiger partial charge is 0.237 e. The van der Waals surface area contributed by atoms with Crippen molar-refractivity contribution in [3.63, 3.8) is 0 Å². The molecule has 3 saturated heterocycles. The molecule has 1 saturated carbocycles. The van der Waals surface area contributed by atoms with Crippen LogP contribution >= 0.6 is 0 Å². The number of carbonyl (C=O) groups is 2. The number of carbonyl (C=O) groups excluding carboxylic acids is 2. The van der Waals surface area contributed by atoms with Crippen LogP contribution in [0.3, 0.4) is 0 Å². The standard InChI is InChI=1S/C44H55FN8O2/c1-29(2)53-28-47-37-26-36(49-40(39(37)53)48-35-10-6-5-9-34(35)45)31-11-12-33-38(25-31)52(27-30-23-32(24-30)50-19-7-4-8-20-50)42(55)44(33)15-21-51(22-16-44)41(54)43(3)13-17-46-18-14-43/h5-6,9-12,25-26,28-30,32,46H,4,7-8,13-24,27H2,1-3H3,(H,48,49). The monoisotopic (exact) mass is 746 g/mol. The Morgan fingerprint density at radius 3 is 2.45 bits per heavy atom. The van der Waals surface area contributed by atoms with E-state index in [1.165, 1.54) is 38.4 Å². The van der Waals surface area contributed by atoms with Crippen LogP contribution in [-0.2, 0) is 15.0 Å². The molecule has 0 atom stereocenters. The van der Waals surface area contributed by atoms with Crippen molar-refractivity contribution < 1.29 is 14.0 Å². The molecule has 4 aliphatic heterocycles. The number of imidazole rings is 1. The number of benzene rings is 2. The molecular formula is C44H55FN8O2. The number of nitrogens with zero attached hydrogens (tertiary/aromatic N) is 6. The maximum Gasteiger partial charge on any atom is 0.237 e. The number of anilines is 3. The molecule has 55 heavy (non-hydrogen) atoms. The summed E-state index contributed by atoms with van der Waals surface area (Å²) in [6, 6.07) is 15.8. The number of piperidine rings is 3. The van der Waals surface area contributed by atoms with Crippen LogP contribution in [-0.4, -0.2) is 88.0 Å². The molecule has 10 nitrogen and oxygen atoms in total. The van der Waals surface area contributed by atoms with Crippen molar-refractivity contribution in [3.8, 4) is 11.3 Å². The summed E-state index contributed by atoms with van der Waals surface area (Å²) in [4.78, 5) is 45.5. The highest BCUT2D eigenvalue weighted by Gasteiger charge is 2.54. The molecule has 9 rings (SSSR count). The van der Waals surface area contributed by atoms with E-state index in [1.807, 2.05) is 17.3 Å². The molecular weight excluding hydrogens is 692 g/mol. The second-order valence-electron chi connectivity index (χ2n) is 17.5. The van der Waals surface area contributed by atoms with Gasteiger partial charge in [-0.3, -0.25) is 9.59 Å². The number of para-hydroxylation sites is 1. The zero-order valence-electron chi connectivity index (χ0n) is 32.6. The second-order valence-corrected chi connectivity index (χ2v) is 17.5. The quantitative estimate of drug-likeness (QED) is 0.194. The third-order valence-electron chi connectivity index (χ3n) is 13.7. The Labute approximate surface area is 323 Å². The van der Waals surface area contributed by atoms with Crippen molar-refractivity contribution in [2.75, 3.05) is 56.0 Å². The first-order valence-corrected chi connectivity index (χ1v) is 20.7. The SMILES string of the molecule is CC(C)n1cnc2cc(-c3ccc4c(c3)N(CC3CC(N5CCCCC5)C3)C(=O)C43CCN(C(=O)C4(C)CCNCC4)CC3)nc(Nc3ccccc3F)c21. The van der Waals surface area contributed by atoms with Gasteiger partial charge in [-0.15, -0.1) is 0 Å². The van der Waals surface area contributed by atoms with E-state index in [-0.39, 0.29) is 29.1 Å². The molecule has 1 aliphatic carbocycles. The van der Waals surface area contributed by atoms with E-state index < -0.39 is 5.41 Å². The second kappa shape index (κ2) is 14.3. The Hall–Kier alpha value is -4.35. The van der Waals surface area contributed by atoms with Gasteiger partial charge in [0.25, 0.3) is 0 Å². The molecule has 2 aromatic carbocycles. The molecule has 4 fully saturated rings. The molecule has 5 aliphatic rings. The lowest BCUT2D eigenvalue weighted by molar-refractivity contribution is -0.145. The van der Waals surface area contributed by atoms with E-state index in [0.29, 0.717) is 61.6 Å². The number of aromatic nitrogens is 3. The molecule has 0 radical (unpaired) electrons.